The van der Waals surface area contributed by atoms with Crippen LogP contribution in [-0.2, 0) is 11.2 Å². The Balaban J connectivity index is 1.44. The van der Waals surface area contributed by atoms with Crippen LogP contribution in [0.3, 0.4) is 0 Å². The van der Waals surface area contributed by atoms with Gasteiger partial charge in [-0.25, -0.2) is 0 Å². The third-order valence-electron chi connectivity index (χ3n) is 5.36. The molecule has 2 aliphatic rings. The van der Waals surface area contributed by atoms with Gasteiger partial charge in [0.15, 0.2) is 6.29 Å². The highest BCUT2D eigenvalue weighted by molar-refractivity contribution is 6.58. The largest absolute Gasteiger partial charge is 0.670 e. The molecule has 11 heteroatoms. The molecule has 1 fully saturated rings. The number of aliphatic hydroxyl groups excluding tert-OH is 1. The Morgan fingerprint density at radius 3 is 2.73 bits per heavy atom. The maximum atomic E-state index is 12.5. The molecule has 0 bridgehead atoms. The molecule has 1 saturated heterocycles. The standard InChI is InChI=1S/C19H23BN3O7/c21-16(12-2-1-7-22-8-12)18(24)23-9-13(10-23)29-14-4-3-11-5-6-20(27,28)30-17(11)15(14)19(25)26/h1-4,7-8,13,16,19,25-28H,5-6,9-10,21H2/q-1. The summed E-state index contributed by atoms with van der Waals surface area (Å²) in [5.41, 5.74) is 7.18. The van der Waals surface area contributed by atoms with E-state index in [0.29, 0.717) is 17.5 Å². The molecule has 1 aromatic heterocycles. The lowest BCUT2D eigenvalue weighted by atomic mass is 9.70. The summed E-state index contributed by atoms with van der Waals surface area (Å²) in [6.45, 7) is -2.51. The fourth-order valence-corrected chi connectivity index (χ4v) is 3.67. The maximum absolute atomic E-state index is 12.5. The molecule has 10 nitrogen and oxygen atoms in total. The molecular weight excluding hydrogens is 393 g/mol. The van der Waals surface area contributed by atoms with E-state index < -0.39 is 19.1 Å². The van der Waals surface area contributed by atoms with Crippen molar-refractivity contribution in [3.63, 3.8) is 0 Å². The number of aryl methyl sites for hydroxylation is 1. The molecule has 0 radical (unpaired) electrons. The molecular formula is C19H23BN3O7-. The Labute approximate surface area is 172 Å². The number of likely N-dealkylation sites (tertiary alicyclic amines) is 1. The van der Waals surface area contributed by atoms with Gasteiger partial charge in [0.25, 0.3) is 0 Å². The van der Waals surface area contributed by atoms with Crippen LogP contribution >= 0.6 is 0 Å². The minimum Gasteiger partial charge on any atom is -0.670 e. The van der Waals surface area contributed by atoms with Crippen LogP contribution in [0.1, 0.15) is 29.0 Å². The van der Waals surface area contributed by atoms with Gasteiger partial charge in [0.1, 0.15) is 17.9 Å². The second-order valence-electron chi connectivity index (χ2n) is 7.60. The fourth-order valence-electron chi connectivity index (χ4n) is 3.67. The van der Waals surface area contributed by atoms with Crippen LogP contribution < -0.4 is 15.1 Å². The number of benzene rings is 1. The van der Waals surface area contributed by atoms with Crippen LogP contribution in [0.15, 0.2) is 36.7 Å². The molecule has 2 aliphatic heterocycles. The third-order valence-corrected chi connectivity index (χ3v) is 5.36. The molecule has 6 N–H and O–H groups in total. The van der Waals surface area contributed by atoms with Gasteiger partial charge < -0.3 is 40.3 Å². The van der Waals surface area contributed by atoms with Gasteiger partial charge in [-0.05, 0) is 29.7 Å². The average Bonchev–Trinajstić information content (AvgIpc) is 2.68. The predicted octanol–water partition coefficient (Wildman–Crippen LogP) is -0.787. The first kappa shape index (κ1) is 20.6. The summed E-state index contributed by atoms with van der Waals surface area (Å²) in [6, 6.07) is 5.88. The van der Waals surface area contributed by atoms with Gasteiger partial charge in [-0.1, -0.05) is 18.5 Å². The van der Waals surface area contributed by atoms with Gasteiger partial charge in [0.05, 0.1) is 24.4 Å². The topological polar surface area (TPSA) is 159 Å². The lowest BCUT2D eigenvalue weighted by Crippen LogP contribution is -2.58. The average molecular weight is 416 g/mol. The van der Waals surface area contributed by atoms with E-state index >= 15 is 0 Å². The summed E-state index contributed by atoms with van der Waals surface area (Å²) in [6.07, 6.45) is 1.17. The number of carbonyl (C=O) groups is 1. The molecule has 1 aromatic carbocycles. The van der Waals surface area contributed by atoms with Crippen molar-refractivity contribution in [1.82, 2.24) is 9.88 Å². The van der Waals surface area contributed by atoms with E-state index in [1.54, 1.807) is 41.6 Å². The van der Waals surface area contributed by atoms with Gasteiger partial charge in [0.2, 0.25) is 5.91 Å². The Morgan fingerprint density at radius 1 is 1.30 bits per heavy atom. The highest BCUT2D eigenvalue weighted by Gasteiger charge is 2.37. The second-order valence-corrected chi connectivity index (χ2v) is 7.60. The lowest BCUT2D eigenvalue weighted by molar-refractivity contribution is -0.141. The van der Waals surface area contributed by atoms with Gasteiger partial charge in [-0.3, -0.25) is 9.78 Å². The number of nitrogens with zero attached hydrogens (tertiary/aromatic N) is 2. The van der Waals surface area contributed by atoms with E-state index in [1.165, 1.54) is 0 Å². The van der Waals surface area contributed by atoms with Crippen LogP contribution in [0.4, 0.5) is 0 Å². The number of ether oxygens (including phenoxy) is 1. The minimum atomic E-state index is -3.07. The first-order chi connectivity index (χ1) is 14.2. The van der Waals surface area contributed by atoms with E-state index in [0.717, 1.165) is 0 Å². The van der Waals surface area contributed by atoms with Crippen molar-refractivity contribution in [1.29, 1.82) is 0 Å². The first-order valence-electron chi connectivity index (χ1n) is 9.67. The first-order valence-corrected chi connectivity index (χ1v) is 9.67. The second kappa shape index (κ2) is 7.86. The lowest BCUT2D eigenvalue weighted by Gasteiger charge is -2.41. The van der Waals surface area contributed by atoms with Crippen molar-refractivity contribution >= 4 is 12.7 Å². The van der Waals surface area contributed by atoms with Crippen molar-refractivity contribution in [3.05, 3.63) is 53.3 Å². The quantitative estimate of drug-likeness (QED) is 0.311. The Bertz CT molecular complexity index is 935. The SMILES string of the molecule is NC(C(=O)N1CC(Oc2ccc3c(c2C(O)O)O[B-](O)(O)CC3)C1)c1cccnc1. The number of pyridine rings is 1. The summed E-state index contributed by atoms with van der Waals surface area (Å²) >= 11 is 0. The van der Waals surface area contributed by atoms with E-state index in [9.17, 15) is 25.1 Å². The maximum Gasteiger partial charge on any atom is 0.430 e. The summed E-state index contributed by atoms with van der Waals surface area (Å²) in [5.74, 6) is -0.109. The highest BCUT2D eigenvalue weighted by Crippen LogP contribution is 2.41. The molecule has 30 heavy (non-hydrogen) atoms. The summed E-state index contributed by atoms with van der Waals surface area (Å²) in [7, 11) is 0. The van der Waals surface area contributed by atoms with E-state index in [1.807, 2.05) is 0 Å². The number of hydrogen-bond acceptors (Lipinski definition) is 9. The van der Waals surface area contributed by atoms with Gasteiger partial charge in [0, 0.05) is 12.4 Å². The number of nitrogens with two attached hydrogens (primary N) is 1. The number of aliphatic hydroxyl groups is 2. The molecule has 0 saturated carbocycles. The molecule has 0 spiro atoms. The zero-order chi connectivity index (χ0) is 21.5. The van der Waals surface area contributed by atoms with Crippen molar-refractivity contribution in [2.75, 3.05) is 13.1 Å². The van der Waals surface area contributed by atoms with Crippen LogP contribution in [0.5, 0.6) is 11.5 Å². The monoisotopic (exact) mass is 416 g/mol. The Morgan fingerprint density at radius 2 is 2.07 bits per heavy atom. The number of carbonyl (C=O) groups excluding carboxylic acids is 1. The van der Waals surface area contributed by atoms with Crippen molar-refractivity contribution < 1.29 is 34.4 Å². The van der Waals surface area contributed by atoms with Gasteiger partial charge >= 0.3 is 6.75 Å². The Hall–Kier alpha value is -2.70. The minimum absolute atomic E-state index is 0.00426. The smallest absolute Gasteiger partial charge is 0.430 e. The highest BCUT2D eigenvalue weighted by atomic mass is 16.6. The zero-order valence-corrected chi connectivity index (χ0v) is 16.1. The van der Waals surface area contributed by atoms with Crippen LogP contribution in [0.2, 0.25) is 6.32 Å². The van der Waals surface area contributed by atoms with Crippen molar-refractivity contribution in [2.24, 2.45) is 5.73 Å². The zero-order valence-electron chi connectivity index (χ0n) is 16.1. The number of fused-ring (bicyclic) bond motifs is 1. The predicted molar refractivity (Wildman–Crippen MR) is 105 cm³/mol. The number of hydrogen-bond donors (Lipinski definition) is 5. The molecule has 0 aliphatic carbocycles. The third kappa shape index (κ3) is 3.98. The Kier molecular flexibility index (Phi) is 5.39. The number of aromatic nitrogens is 1. The van der Waals surface area contributed by atoms with Gasteiger partial charge in [-0.15, -0.1) is 0 Å². The van der Waals surface area contributed by atoms with Crippen molar-refractivity contribution in [3.8, 4) is 11.5 Å². The van der Waals surface area contributed by atoms with Crippen LogP contribution in [0, 0.1) is 0 Å². The van der Waals surface area contributed by atoms with Gasteiger partial charge in [-0.2, -0.15) is 0 Å². The van der Waals surface area contributed by atoms with Crippen LogP contribution in [0.25, 0.3) is 0 Å². The van der Waals surface area contributed by atoms with Crippen LogP contribution in [-0.4, -0.2) is 62.0 Å². The number of amides is 1. The van der Waals surface area contributed by atoms with E-state index in [2.05, 4.69) is 4.98 Å². The molecule has 2 aromatic rings. The molecule has 1 unspecified atom stereocenters. The van der Waals surface area contributed by atoms with Crippen molar-refractivity contribution in [2.45, 2.75) is 31.2 Å². The molecule has 160 valence electrons. The molecule has 1 amide bonds. The number of rotatable bonds is 5. The normalized spacial score (nSPS) is 18.9. The fraction of sp³-hybridized carbons (Fsp3) is 0.368. The summed E-state index contributed by atoms with van der Waals surface area (Å²) < 4.78 is 11.1. The molecule has 1 atom stereocenters. The molecule has 3 heterocycles. The van der Waals surface area contributed by atoms with E-state index in [-0.39, 0.29) is 48.5 Å². The van der Waals surface area contributed by atoms with E-state index in [4.69, 9.17) is 15.1 Å². The summed E-state index contributed by atoms with van der Waals surface area (Å²) in [4.78, 5) is 18.0. The molecule has 4 rings (SSSR count). The summed E-state index contributed by atoms with van der Waals surface area (Å²) in [5, 5.41) is 39.3.